The lowest BCUT2D eigenvalue weighted by molar-refractivity contribution is 0.481. The van der Waals surface area contributed by atoms with E-state index in [1.54, 1.807) is 0 Å². The second-order valence-corrected chi connectivity index (χ2v) is 15.9. The Morgan fingerprint density at radius 3 is 2.04 bits per heavy atom. The number of aryl methyl sites for hydroxylation is 1. The first kappa shape index (κ1) is 37.2. The van der Waals surface area contributed by atoms with Gasteiger partial charge in [0, 0.05) is 40.9 Å². The number of para-hydroxylation sites is 1. The maximum atomic E-state index is 6.77. The van der Waals surface area contributed by atoms with E-state index >= 15 is 0 Å². The average molecular weight is 717 g/mol. The van der Waals surface area contributed by atoms with E-state index in [9.17, 15) is 0 Å². The molecule has 7 rings (SSSR count). The van der Waals surface area contributed by atoms with Crippen LogP contribution in [0.25, 0.3) is 44.4 Å². The highest BCUT2D eigenvalue weighted by Gasteiger charge is 2.26. The molecule has 0 saturated heterocycles. The Hall–Kier alpha value is -5.16. The van der Waals surface area contributed by atoms with Gasteiger partial charge in [0.25, 0.3) is 0 Å². The van der Waals surface area contributed by atoms with Crippen LogP contribution in [0.1, 0.15) is 124 Å². The standard InChI is InChI=1S/C49H56N4O/c1-11-15-32(6)47-35(9)34(8)36(10)48(33(7)16-12-2)49(47)38-28-51-52(29-38)39-24-37(30(3)4)25-41(26-39)54-40-19-20-43-42-17-13-14-18-44(42)53(45(43)27-40)46-23-31(5)21-22-50-46/h13-14,17-30,32-33H,11-12,15-16H2,1-10H3. The van der Waals surface area contributed by atoms with Gasteiger partial charge >= 0.3 is 0 Å². The van der Waals surface area contributed by atoms with Gasteiger partial charge in [-0.1, -0.05) is 72.6 Å². The molecule has 278 valence electrons. The lowest BCUT2D eigenvalue weighted by Crippen LogP contribution is -2.10. The Kier molecular flexibility index (Phi) is 10.5. The van der Waals surface area contributed by atoms with Gasteiger partial charge in [-0.25, -0.2) is 9.67 Å². The molecule has 5 nitrogen and oxygen atoms in total. The first-order chi connectivity index (χ1) is 26.0. The molecule has 0 saturated carbocycles. The van der Waals surface area contributed by atoms with Crippen molar-refractivity contribution in [3.8, 4) is 34.1 Å². The van der Waals surface area contributed by atoms with Gasteiger partial charge in [0.05, 0.1) is 22.9 Å². The van der Waals surface area contributed by atoms with Crippen LogP contribution in [-0.4, -0.2) is 19.3 Å². The molecule has 0 spiro atoms. The third kappa shape index (κ3) is 6.85. The summed E-state index contributed by atoms with van der Waals surface area (Å²) < 4.78 is 11.1. The van der Waals surface area contributed by atoms with Crippen molar-refractivity contribution in [1.29, 1.82) is 0 Å². The maximum Gasteiger partial charge on any atom is 0.137 e. The van der Waals surface area contributed by atoms with Gasteiger partial charge in [0.15, 0.2) is 0 Å². The molecule has 0 aliphatic rings. The molecule has 0 N–H and O–H groups in total. The second kappa shape index (κ2) is 15.3. The summed E-state index contributed by atoms with van der Waals surface area (Å²) in [6, 6.07) is 25.6. The molecule has 3 aromatic heterocycles. The Balaban J connectivity index is 1.33. The highest BCUT2D eigenvalue weighted by molar-refractivity contribution is 6.09. The fourth-order valence-corrected chi connectivity index (χ4v) is 8.67. The third-order valence-electron chi connectivity index (χ3n) is 11.6. The summed E-state index contributed by atoms with van der Waals surface area (Å²) in [6.45, 7) is 23.0. The minimum atomic E-state index is 0.310. The van der Waals surface area contributed by atoms with Gasteiger partial charge < -0.3 is 4.74 Å². The normalized spacial score (nSPS) is 12.9. The van der Waals surface area contributed by atoms with E-state index in [-0.39, 0.29) is 0 Å². The van der Waals surface area contributed by atoms with Crippen molar-refractivity contribution in [2.45, 2.75) is 113 Å². The van der Waals surface area contributed by atoms with Crippen LogP contribution in [0.15, 0.2) is 91.4 Å². The Bertz CT molecular complexity index is 2420. The number of hydrogen-bond acceptors (Lipinski definition) is 3. The van der Waals surface area contributed by atoms with Crippen LogP contribution in [0.4, 0.5) is 0 Å². The van der Waals surface area contributed by atoms with Crippen LogP contribution < -0.4 is 4.74 Å². The maximum absolute atomic E-state index is 6.77. The number of hydrogen-bond donors (Lipinski definition) is 0. The number of benzene rings is 4. The zero-order valence-electron chi connectivity index (χ0n) is 33.9. The molecule has 4 aromatic carbocycles. The fraction of sp³-hybridized carbons (Fsp3) is 0.347. The zero-order chi connectivity index (χ0) is 38.3. The molecule has 3 heterocycles. The third-order valence-corrected chi connectivity index (χ3v) is 11.6. The van der Waals surface area contributed by atoms with Crippen molar-refractivity contribution in [3.63, 3.8) is 0 Å². The molecule has 5 heteroatoms. The summed E-state index contributed by atoms with van der Waals surface area (Å²) in [5.74, 6) is 3.70. The topological polar surface area (TPSA) is 44.9 Å². The average Bonchev–Trinajstić information content (AvgIpc) is 3.77. The number of aromatic nitrogens is 4. The van der Waals surface area contributed by atoms with Crippen LogP contribution in [0, 0.1) is 27.7 Å². The van der Waals surface area contributed by atoms with Gasteiger partial charge in [-0.3, -0.25) is 4.57 Å². The van der Waals surface area contributed by atoms with Gasteiger partial charge in [0.1, 0.15) is 17.3 Å². The molecule has 54 heavy (non-hydrogen) atoms. The molecule has 0 aliphatic heterocycles. The molecular weight excluding hydrogens is 661 g/mol. The molecule has 7 aromatic rings. The molecule has 2 unspecified atom stereocenters. The zero-order valence-corrected chi connectivity index (χ0v) is 33.9. The Morgan fingerprint density at radius 2 is 1.37 bits per heavy atom. The van der Waals surface area contributed by atoms with E-state index in [1.165, 1.54) is 60.8 Å². The van der Waals surface area contributed by atoms with Crippen LogP contribution in [0.2, 0.25) is 0 Å². The fourth-order valence-electron chi connectivity index (χ4n) is 8.67. The lowest BCUT2D eigenvalue weighted by Gasteiger charge is -2.28. The van der Waals surface area contributed by atoms with E-state index in [0.29, 0.717) is 17.8 Å². The summed E-state index contributed by atoms with van der Waals surface area (Å²) in [6.07, 6.45) is 10.9. The molecule has 0 radical (unpaired) electrons. The second-order valence-electron chi connectivity index (χ2n) is 15.9. The summed E-state index contributed by atoms with van der Waals surface area (Å²) in [7, 11) is 0. The predicted octanol–water partition coefficient (Wildman–Crippen LogP) is 14.0. The van der Waals surface area contributed by atoms with Crippen molar-refractivity contribution < 1.29 is 4.74 Å². The highest BCUT2D eigenvalue weighted by Crippen LogP contribution is 2.44. The van der Waals surface area contributed by atoms with Crippen molar-refractivity contribution in [1.82, 2.24) is 19.3 Å². The van der Waals surface area contributed by atoms with Crippen molar-refractivity contribution in [2.75, 3.05) is 0 Å². The minimum Gasteiger partial charge on any atom is -0.457 e. The number of ether oxygens (including phenoxy) is 1. The summed E-state index contributed by atoms with van der Waals surface area (Å²) in [4.78, 5) is 4.77. The van der Waals surface area contributed by atoms with Crippen molar-refractivity contribution >= 4 is 21.8 Å². The number of fused-ring (bicyclic) bond motifs is 3. The molecular formula is C49H56N4O. The predicted molar refractivity (Wildman–Crippen MR) is 227 cm³/mol. The van der Waals surface area contributed by atoms with Crippen LogP contribution in [0.5, 0.6) is 11.5 Å². The SMILES string of the molecule is CCCC(C)c1c(C)c(C)c(C)c(C(C)CCC)c1-c1cnn(-c2cc(Oc3ccc4c5ccccc5n(-c5cc(C)ccn5)c4c3)cc(C(C)C)c2)c1. The van der Waals surface area contributed by atoms with Gasteiger partial charge in [0.2, 0.25) is 0 Å². The van der Waals surface area contributed by atoms with E-state index in [1.807, 2.05) is 16.9 Å². The summed E-state index contributed by atoms with van der Waals surface area (Å²) in [5, 5.41) is 7.42. The van der Waals surface area contributed by atoms with E-state index < -0.39 is 0 Å². The minimum absolute atomic E-state index is 0.310. The van der Waals surface area contributed by atoms with E-state index in [4.69, 9.17) is 14.8 Å². The van der Waals surface area contributed by atoms with E-state index in [0.717, 1.165) is 59.7 Å². The molecule has 0 fully saturated rings. The summed E-state index contributed by atoms with van der Waals surface area (Å²) in [5.41, 5.74) is 15.4. The number of pyridine rings is 1. The quantitative estimate of drug-likeness (QED) is 0.126. The molecule has 2 atom stereocenters. The molecule has 0 aliphatic carbocycles. The molecule has 0 bridgehead atoms. The van der Waals surface area contributed by atoms with Gasteiger partial charge in [-0.15, -0.1) is 0 Å². The largest absolute Gasteiger partial charge is 0.457 e. The van der Waals surface area contributed by atoms with Crippen molar-refractivity contribution in [2.24, 2.45) is 0 Å². The smallest absolute Gasteiger partial charge is 0.137 e. The first-order valence-corrected chi connectivity index (χ1v) is 20.0. The number of rotatable bonds is 12. The van der Waals surface area contributed by atoms with Crippen LogP contribution in [-0.2, 0) is 0 Å². The monoisotopic (exact) mass is 716 g/mol. The lowest BCUT2D eigenvalue weighted by atomic mass is 9.76. The molecule has 0 amide bonds. The van der Waals surface area contributed by atoms with Gasteiger partial charge in [-0.2, -0.15) is 5.10 Å². The Morgan fingerprint density at radius 1 is 0.685 bits per heavy atom. The Labute approximate surface area is 322 Å². The summed E-state index contributed by atoms with van der Waals surface area (Å²) >= 11 is 0. The van der Waals surface area contributed by atoms with Crippen LogP contribution in [0.3, 0.4) is 0 Å². The van der Waals surface area contributed by atoms with Gasteiger partial charge in [-0.05, 0) is 145 Å². The first-order valence-electron chi connectivity index (χ1n) is 20.0. The number of nitrogens with zero attached hydrogens (tertiary/aromatic N) is 4. The highest BCUT2D eigenvalue weighted by atomic mass is 16.5. The van der Waals surface area contributed by atoms with E-state index in [2.05, 4.69) is 153 Å². The van der Waals surface area contributed by atoms with Crippen molar-refractivity contribution in [3.05, 3.63) is 130 Å². The van der Waals surface area contributed by atoms with Crippen LogP contribution >= 0.6 is 0 Å².